The molecule has 0 aromatic carbocycles. The van der Waals surface area contributed by atoms with Gasteiger partial charge in [-0.1, -0.05) is 0 Å². The van der Waals surface area contributed by atoms with Crippen molar-refractivity contribution in [2.75, 3.05) is 0 Å². The second kappa shape index (κ2) is 8.09. The van der Waals surface area contributed by atoms with Crippen LogP contribution in [0.2, 0.25) is 0 Å². The van der Waals surface area contributed by atoms with Crippen LogP contribution in [0.5, 0.6) is 0 Å². The number of rotatable bonds is 7. The summed E-state index contributed by atoms with van der Waals surface area (Å²) in [4.78, 5) is 24.9. The van der Waals surface area contributed by atoms with Gasteiger partial charge < -0.3 is 22.1 Å². The van der Waals surface area contributed by atoms with Gasteiger partial charge in [-0.05, 0) is 106 Å². The number of hydrogen-bond acceptors (Lipinski definition) is 4. The second-order valence-electron chi connectivity index (χ2n) is 12.7. The minimum Gasteiger partial charge on any atom is -0.370 e. The van der Waals surface area contributed by atoms with Crippen molar-refractivity contribution in [1.82, 2.24) is 10.6 Å². The first-order valence-corrected chi connectivity index (χ1v) is 11.6. The highest BCUT2D eigenvalue weighted by atomic mass is 16.1. The van der Waals surface area contributed by atoms with E-state index in [0.717, 1.165) is 25.7 Å². The van der Waals surface area contributed by atoms with Gasteiger partial charge in [0, 0.05) is 28.6 Å². The number of primary amides is 2. The number of nitrogens with two attached hydrogens (primary N) is 2. The molecular weight excluding hydrogens is 376 g/mol. The number of hydrogen-bond donors (Lipinski definition) is 4. The normalized spacial score (nSPS) is 26.3. The second-order valence-corrected chi connectivity index (χ2v) is 12.7. The Balaban J connectivity index is 2.55. The molecule has 6 heteroatoms. The highest BCUT2D eigenvalue weighted by Gasteiger charge is 2.57. The van der Waals surface area contributed by atoms with E-state index in [4.69, 9.17) is 11.5 Å². The van der Waals surface area contributed by atoms with Gasteiger partial charge in [0.15, 0.2) is 0 Å². The SMILES string of the molecule is CC1(C)CC(C(CCCC(N)=O)(C(N)=O)C2CC(C)(C)NC(C)(C)C2)CC(C)(C)N1. The molecule has 0 spiro atoms. The third-order valence-electron chi connectivity index (χ3n) is 7.31. The summed E-state index contributed by atoms with van der Waals surface area (Å²) < 4.78 is 0. The predicted octanol–water partition coefficient (Wildman–Crippen LogP) is 3.23. The summed E-state index contributed by atoms with van der Waals surface area (Å²) in [5, 5.41) is 7.49. The standard InChI is InChI=1S/C24H46N4O2/c1-20(2)12-16(13-21(3,4)27-20)24(19(26)30,11-9-10-18(25)29)17-14-22(5,6)28-23(7,8)15-17/h16-17,27-28H,9-15H2,1-8H3,(H2,25,29)(H2,26,30). The molecule has 2 heterocycles. The smallest absolute Gasteiger partial charge is 0.224 e. The van der Waals surface area contributed by atoms with Crippen LogP contribution in [-0.2, 0) is 9.59 Å². The van der Waals surface area contributed by atoms with Crippen molar-refractivity contribution in [3.05, 3.63) is 0 Å². The Labute approximate surface area is 183 Å². The Morgan fingerprint density at radius 2 is 1.10 bits per heavy atom. The average Bonchev–Trinajstić information content (AvgIpc) is 2.44. The molecule has 2 fully saturated rings. The van der Waals surface area contributed by atoms with Crippen LogP contribution in [-0.4, -0.2) is 34.0 Å². The van der Waals surface area contributed by atoms with Crippen molar-refractivity contribution in [3.8, 4) is 0 Å². The molecule has 0 bridgehead atoms. The minimum atomic E-state index is -0.650. The van der Waals surface area contributed by atoms with E-state index >= 15 is 0 Å². The molecule has 2 amide bonds. The van der Waals surface area contributed by atoms with Gasteiger partial charge >= 0.3 is 0 Å². The van der Waals surface area contributed by atoms with Gasteiger partial charge in [-0.15, -0.1) is 0 Å². The molecule has 6 nitrogen and oxygen atoms in total. The lowest BCUT2D eigenvalue weighted by Gasteiger charge is -2.58. The summed E-state index contributed by atoms with van der Waals surface area (Å²) in [5.74, 6) is -0.207. The molecule has 6 N–H and O–H groups in total. The zero-order chi connectivity index (χ0) is 23.2. The fourth-order valence-corrected chi connectivity index (χ4v) is 7.20. The minimum absolute atomic E-state index is 0.0885. The van der Waals surface area contributed by atoms with Crippen LogP contribution >= 0.6 is 0 Å². The molecule has 0 saturated carbocycles. The number of piperidine rings is 2. The van der Waals surface area contributed by atoms with Gasteiger partial charge in [-0.2, -0.15) is 0 Å². The van der Waals surface area contributed by atoms with Crippen LogP contribution in [0.3, 0.4) is 0 Å². The predicted molar refractivity (Wildman–Crippen MR) is 123 cm³/mol. The Bertz CT molecular complexity index is 596. The molecule has 2 rings (SSSR count). The maximum Gasteiger partial charge on any atom is 0.224 e. The van der Waals surface area contributed by atoms with E-state index in [-0.39, 0.29) is 45.8 Å². The van der Waals surface area contributed by atoms with Gasteiger partial charge in [0.1, 0.15) is 0 Å². The van der Waals surface area contributed by atoms with Crippen molar-refractivity contribution in [2.45, 2.75) is 122 Å². The molecule has 2 aliphatic rings. The largest absolute Gasteiger partial charge is 0.370 e. The van der Waals surface area contributed by atoms with Gasteiger partial charge in [-0.3, -0.25) is 9.59 Å². The molecule has 0 unspecified atom stereocenters. The topological polar surface area (TPSA) is 110 Å². The van der Waals surface area contributed by atoms with Gasteiger partial charge in [-0.25, -0.2) is 0 Å². The Morgan fingerprint density at radius 1 is 0.767 bits per heavy atom. The van der Waals surface area contributed by atoms with Gasteiger partial charge in [0.05, 0.1) is 5.41 Å². The van der Waals surface area contributed by atoms with E-state index in [9.17, 15) is 9.59 Å². The van der Waals surface area contributed by atoms with Crippen LogP contribution in [0.1, 0.15) is 100 Å². The van der Waals surface area contributed by atoms with Crippen molar-refractivity contribution in [2.24, 2.45) is 28.7 Å². The maximum absolute atomic E-state index is 13.4. The fourth-order valence-electron chi connectivity index (χ4n) is 7.20. The molecule has 0 atom stereocenters. The van der Waals surface area contributed by atoms with E-state index in [1.165, 1.54) is 0 Å². The van der Waals surface area contributed by atoms with Crippen molar-refractivity contribution >= 4 is 11.8 Å². The van der Waals surface area contributed by atoms with Crippen molar-refractivity contribution in [1.29, 1.82) is 0 Å². The summed E-state index contributed by atoms with van der Waals surface area (Å²) in [7, 11) is 0. The summed E-state index contributed by atoms with van der Waals surface area (Å²) in [6.45, 7) is 17.7. The summed E-state index contributed by atoms with van der Waals surface area (Å²) in [5.41, 5.74) is 10.8. The number of nitrogens with one attached hydrogen (secondary N) is 2. The van der Waals surface area contributed by atoms with E-state index in [2.05, 4.69) is 66.0 Å². The van der Waals surface area contributed by atoms with E-state index in [1.54, 1.807) is 0 Å². The number of carbonyl (C=O) groups is 2. The zero-order valence-electron chi connectivity index (χ0n) is 20.6. The van der Waals surface area contributed by atoms with E-state index in [1.807, 2.05) is 0 Å². The molecule has 0 aliphatic carbocycles. The highest BCUT2D eigenvalue weighted by Crippen LogP contribution is 2.55. The lowest BCUT2D eigenvalue weighted by atomic mass is 9.52. The van der Waals surface area contributed by atoms with Crippen molar-refractivity contribution in [3.63, 3.8) is 0 Å². The first-order valence-electron chi connectivity index (χ1n) is 11.6. The fraction of sp³-hybridized carbons (Fsp3) is 0.917. The lowest BCUT2D eigenvalue weighted by Crippen LogP contribution is -2.66. The molecule has 2 aliphatic heterocycles. The summed E-state index contributed by atoms with van der Waals surface area (Å²) in [6, 6.07) is 0. The van der Waals surface area contributed by atoms with Gasteiger partial charge in [0.2, 0.25) is 11.8 Å². The molecule has 0 aromatic rings. The maximum atomic E-state index is 13.4. The number of amides is 2. The molecule has 2 saturated heterocycles. The van der Waals surface area contributed by atoms with Crippen LogP contribution in [0.15, 0.2) is 0 Å². The molecule has 30 heavy (non-hydrogen) atoms. The summed E-state index contributed by atoms with van der Waals surface area (Å²) >= 11 is 0. The van der Waals surface area contributed by atoms with E-state index < -0.39 is 5.41 Å². The van der Waals surface area contributed by atoms with Crippen LogP contribution in [0, 0.1) is 17.3 Å². The van der Waals surface area contributed by atoms with Crippen LogP contribution < -0.4 is 22.1 Å². The molecule has 174 valence electrons. The first kappa shape index (κ1) is 25.1. The van der Waals surface area contributed by atoms with E-state index in [0.29, 0.717) is 19.3 Å². The summed E-state index contributed by atoms with van der Waals surface area (Å²) in [6.07, 6.45) is 5.08. The third kappa shape index (κ3) is 5.76. The number of carbonyl (C=O) groups excluding carboxylic acids is 2. The Morgan fingerprint density at radius 3 is 1.37 bits per heavy atom. The third-order valence-corrected chi connectivity index (χ3v) is 7.31. The van der Waals surface area contributed by atoms with Crippen LogP contribution in [0.4, 0.5) is 0 Å². The first-order chi connectivity index (χ1) is 13.4. The van der Waals surface area contributed by atoms with Crippen LogP contribution in [0.25, 0.3) is 0 Å². The van der Waals surface area contributed by atoms with Gasteiger partial charge in [0.25, 0.3) is 0 Å². The highest BCUT2D eigenvalue weighted by molar-refractivity contribution is 5.82. The van der Waals surface area contributed by atoms with Crippen molar-refractivity contribution < 1.29 is 9.59 Å². The molecule has 0 radical (unpaired) electrons. The Kier molecular flexibility index (Phi) is 6.77. The lowest BCUT2D eigenvalue weighted by molar-refractivity contribution is -0.144. The average molecular weight is 423 g/mol. The molecule has 0 aromatic heterocycles. The monoisotopic (exact) mass is 422 g/mol. The molecular formula is C24H46N4O2. The zero-order valence-corrected chi connectivity index (χ0v) is 20.6. The Hall–Kier alpha value is -1.14. The quantitative estimate of drug-likeness (QED) is 0.505.